The van der Waals surface area contributed by atoms with Crippen LogP contribution in [0.1, 0.15) is 30.5 Å². The maximum absolute atomic E-state index is 12.6. The maximum atomic E-state index is 12.6. The summed E-state index contributed by atoms with van der Waals surface area (Å²) < 4.78 is 28.3. The van der Waals surface area contributed by atoms with Crippen LogP contribution in [-0.2, 0) is 23.2 Å². The van der Waals surface area contributed by atoms with E-state index in [1.54, 1.807) is 23.9 Å². The van der Waals surface area contributed by atoms with Crippen molar-refractivity contribution in [1.29, 1.82) is 0 Å². The summed E-state index contributed by atoms with van der Waals surface area (Å²) in [6.07, 6.45) is 1.59. The first-order chi connectivity index (χ1) is 9.86. The average molecular weight is 328 g/mol. The van der Waals surface area contributed by atoms with Gasteiger partial charge in [0.1, 0.15) is 4.90 Å². The molecular formula is C14H20N2O3S2. The monoisotopic (exact) mass is 328 g/mol. The van der Waals surface area contributed by atoms with Crippen LogP contribution in [0.4, 0.5) is 0 Å². The molecule has 2 heterocycles. The summed E-state index contributed by atoms with van der Waals surface area (Å²) in [5, 5.41) is 11.3. The first-order valence-electron chi connectivity index (χ1n) is 6.66. The Kier molecular flexibility index (Phi) is 4.88. The van der Waals surface area contributed by atoms with Crippen molar-refractivity contribution in [3.05, 3.63) is 40.3 Å². The lowest BCUT2D eigenvalue weighted by atomic mass is 10.3. The number of aliphatic hydroxyl groups excluding tert-OH is 1. The predicted molar refractivity (Wildman–Crippen MR) is 83.7 cm³/mol. The molecule has 2 aromatic heterocycles. The molecule has 21 heavy (non-hydrogen) atoms. The summed E-state index contributed by atoms with van der Waals surface area (Å²) in [6, 6.07) is 5.45. The fraction of sp³-hybridized carbons (Fsp3) is 0.429. The number of thiophene rings is 1. The van der Waals surface area contributed by atoms with Crippen LogP contribution >= 0.6 is 11.3 Å². The van der Waals surface area contributed by atoms with Crippen LogP contribution in [0.3, 0.4) is 0 Å². The average Bonchev–Trinajstić information content (AvgIpc) is 3.06. The van der Waals surface area contributed by atoms with Gasteiger partial charge in [0, 0.05) is 36.4 Å². The Morgan fingerprint density at radius 1 is 1.43 bits per heavy atom. The van der Waals surface area contributed by atoms with E-state index in [1.807, 2.05) is 31.4 Å². The molecule has 0 aliphatic carbocycles. The van der Waals surface area contributed by atoms with E-state index in [1.165, 1.54) is 15.6 Å². The second-order valence-electron chi connectivity index (χ2n) is 5.17. The van der Waals surface area contributed by atoms with Crippen LogP contribution in [0.25, 0.3) is 0 Å². The molecule has 0 fully saturated rings. The number of nitrogens with zero attached hydrogens (tertiary/aromatic N) is 2. The zero-order valence-electron chi connectivity index (χ0n) is 12.4. The number of aliphatic hydroxyl groups is 1. The highest BCUT2D eigenvalue weighted by molar-refractivity contribution is 7.89. The van der Waals surface area contributed by atoms with Gasteiger partial charge >= 0.3 is 0 Å². The lowest BCUT2D eigenvalue weighted by Gasteiger charge is -2.15. The van der Waals surface area contributed by atoms with Gasteiger partial charge in [0.05, 0.1) is 6.61 Å². The third-order valence-corrected chi connectivity index (χ3v) is 5.92. The van der Waals surface area contributed by atoms with Gasteiger partial charge in [-0.1, -0.05) is 6.07 Å². The Balaban J connectivity index is 2.30. The SMILES string of the molecule is CC(C)n1cc(S(=O)(=O)N(C)Cc2cccs2)cc1CO. The van der Waals surface area contributed by atoms with Crippen molar-refractivity contribution in [2.75, 3.05) is 7.05 Å². The highest BCUT2D eigenvalue weighted by Gasteiger charge is 2.24. The Morgan fingerprint density at radius 3 is 2.62 bits per heavy atom. The van der Waals surface area contributed by atoms with Gasteiger partial charge in [-0.3, -0.25) is 0 Å². The zero-order chi connectivity index (χ0) is 15.6. The lowest BCUT2D eigenvalue weighted by Crippen LogP contribution is -2.25. The van der Waals surface area contributed by atoms with Crippen molar-refractivity contribution in [1.82, 2.24) is 8.87 Å². The van der Waals surface area contributed by atoms with E-state index in [0.29, 0.717) is 12.2 Å². The highest BCUT2D eigenvalue weighted by atomic mass is 32.2. The van der Waals surface area contributed by atoms with Gasteiger partial charge in [-0.2, -0.15) is 4.31 Å². The van der Waals surface area contributed by atoms with Crippen LogP contribution in [-0.4, -0.2) is 29.4 Å². The number of hydrogen-bond donors (Lipinski definition) is 1. The van der Waals surface area contributed by atoms with Crippen LogP contribution in [0, 0.1) is 0 Å². The molecule has 0 saturated heterocycles. The number of hydrogen-bond acceptors (Lipinski definition) is 4. The fourth-order valence-electron chi connectivity index (χ4n) is 2.13. The molecule has 0 bridgehead atoms. The number of rotatable bonds is 6. The molecule has 2 aromatic rings. The van der Waals surface area contributed by atoms with Crippen LogP contribution in [0.15, 0.2) is 34.7 Å². The van der Waals surface area contributed by atoms with E-state index in [9.17, 15) is 13.5 Å². The van der Waals surface area contributed by atoms with Crippen molar-refractivity contribution in [3.8, 4) is 0 Å². The van der Waals surface area contributed by atoms with E-state index >= 15 is 0 Å². The Hall–Kier alpha value is -1.15. The van der Waals surface area contributed by atoms with Crippen molar-refractivity contribution in [2.45, 2.75) is 37.9 Å². The molecule has 0 spiro atoms. The van der Waals surface area contributed by atoms with E-state index in [4.69, 9.17) is 0 Å². The molecule has 116 valence electrons. The molecule has 0 atom stereocenters. The van der Waals surface area contributed by atoms with Crippen LogP contribution < -0.4 is 0 Å². The van der Waals surface area contributed by atoms with Gasteiger partial charge in [-0.15, -0.1) is 11.3 Å². The molecule has 0 unspecified atom stereocenters. The molecule has 0 saturated carbocycles. The summed E-state index contributed by atoms with van der Waals surface area (Å²) in [4.78, 5) is 1.21. The topological polar surface area (TPSA) is 62.5 Å². The molecular weight excluding hydrogens is 308 g/mol. The number of sulfonamides is 1. The standard InChI is InChI=1S/C14H20N2O3S2/c1-11(2)16-9-14(7-12(16)10-17)21(18,19)15(3)8-13-5-4-6-20-13/h4-7,9,11,17H,8,10H2,1-3H3. The molecule has 0 aliphatic heterocycles. The summed E-state index contributed by atoms with van der Waals surface area (Å²) in [5.41, 5.74) is 0.605. The van der Waals surface area contributed by atoms with E-state index in [-0.39, 0.29) is 17.5 Å². The second-order valence-corrected chi connectivity index (χ2v) is 8.24. The van der Waals surface area contributed by atoms with Gasteiger partial charge in [0.2, 0.25) is 10.0 Å². The van der Waals surface area contributed by atoms with Gasteiger partial charge in [-0.25, -0.2) is 8.42 Å². The van der Waals surface area contributed by atoms with Gasteiger partial charge in [0.15, 0.2) is 0 Å². The summed E-state index contributed by atoms with van der Waals surface area (Å²) in [6.45, 7) is 4.07. The largest absolute Gasteiger partial charge is 0.390 e. The van der Waals surface area contributed by atoms with E-state index < -0.39 is 10.0 Å². The molecule has 0 amide bonds. The Bertz CT molecular complexity index is 688. The predicted octanol–water partition coefficient (Wildman–Crippen LogP) is 2.44. The lowest BCUT2D eigenvalue weighted by molar-refractivity contribution is 0.268. The molecule has 7 heteroatoms. The molecule has 0 aromatic carbocycles. The summed E-state index contributed by atoms with van der Waals surface area (Å²) in [7, 11) is -1.98. The van der Waals surface area contributed by atoms with Crippen molar-refractivity contribution < 1.29 is 13.5 Å². The van der Waals surface area contributed by atoms with E-state index in [0.717, 1.165) is 4.88 Å². The highest BCUT2D eigenvalue weighted by Crippen LogP contribution is 2.23. The quantitative estimate of drug-likeness (QED) is 0.886. The normalized spacial score (nSPS) is 12.5. The molecule has 5 nitrogen and oxygen atoms in total. The first kappa shape index (κ1) is 16.2. The van der Waals surface area contributed by atoms with Crippen LogP contribution in [0.2, 0.25) is 0 Å². The second kappa shape index (κ2) is 6.31. The Labute approximate surface area is 129 Å². The van der Waals surface area contributed by atoms with Gasteiger partial charge in [0.25, 0.3) is 0 Å². The summed E-state index contributed by atoms with van der Waals surface area (Å²) >= 11 is 1.53. The molecule has 0 radical (unpaired) electrons. The zero-order valence-corrected chi connectivity index (χ0v) is 14.0. The van der Waals surface area contributed by atoms with Gasteiger partial charge in [-0.05, 0) is 31.4 Å². The minimum Gasteiger partial charge on any atom is -0.390 e. The molecule has 2 rings (SSSR count). The first-order valence-corrected chi connectivity index (χ1v) is 8.98. The molecule has 0 aliphatic rings. The van der Waals surface area contributed by atoms with Gasteiger partial charge < -0.3 is 9.67 Å². The number of aromatic nitrogens is 1. The van der Waals surface area contributed by atoms with Crippen LogP contribution in [0.5, 0.6) is 0 Å². The van der Waals surface area contributed by atoms with Crippen molar-refractivity contribution >= 4 is 21.4 Å². The fourth-order valence-corrected chi connectivity index (χ4v) is 4.17. The maximum Gasteiger partial charge on any atom is 0.244 e. The summed E-state index contributed by atoms with van der Waals surface area (Å²) in [5.74, 6) is 0. The third kappa shape index (κ3) is 3.37. The van der Waals surface area contributed by atoms with Crippen molar-refractivity contribution in [3.63, 3.8) is 0 Å². The minimum atomic E-state index is -3.55. The van der Waals surface area contributed by atoms with E-state index in [2.05, 4.69) is 0 Å². The minimum absolute atomic E-state index is 0.0960. The third-order valence-electron chi connectivity index (χ3n) is 3.29. The Morgan fingerprint density at radius 2 is 2.14 bits per heavy atom. The molecule has 1 N–H and O–H groups in total. The van der Waals surface area contributed by atoms with Crippen molar-refractivity contribution in [2.24, 2.45) is 0 Å². The smallest absolute Gasteiger partial charge is 0.244 e.